The van der Waals surface area contributed by atoms with Gasteiger partial charge in [-0.05, 0) is 0 Å². The summed E-state index contributed by atoms with van der Waals surface area (Å²) in [6.07, 6.45) is 0. The Bertz CT molecular complexity index is 1530. The summed E-state index contributed by atoms with van der Waals surface area (Å²) in [5.41, 5.74) is 0. The van der Waals surface area contributed by atoms with Gasteiger partial charge in [-0.2, -0.15) is 0 Å². The minimum absolute atomic E-state index is 1.14. The summed E-state index contributed by atoms with van der Waals surface area (Å²) in [5, 5.41) is 13.3. The molecular weight excluding hydrogens is 431 g/mol. The van der Waals surface area contributed by atoms with Crippen molar-refractivity contribution in [1.82, 2.24) is 0 Å². The quantitative estimate of drug-likeness (QED) is 0.153. The third-order valence-corrected chi connectivity index (χ3v) is 7.13. The number of fused-ring (bicyclic) bond motifs is 6. The molecule has 0 spiro atoms. The van der Waals surface area contributed by atoms with Gasteiger partial charge in [0.05, 0.1) is 0 Å². The summed E-state index contributed by atoms with van der Waals surface area (Å²) in [4.78, 5) is 0. The maximum atomic E-state index is 2.40. The zero-order valence-electron chi connectivity index (χ0n) is 14.7. The van der Waals surface area contributed by atoms with Crippen LogP contribution in [0, 0.1) is 0 Å². The van der Waals surface area contributed by atoms with Gasteiger partial charge in [0.1, 0.15) is 0 Å². The Morgan fingerprint density at radius 3 is 1.63 bits per heavy atom. The molecule has 0 N–H and O–H groups in total. The predicted octanol–water partition coefficient (Wildman–Crippen LogP) is 5.98. The van der Waals surface area contributed by atoms with E-state index in [1.807, 2.05) is 0 Å². The minimum atomic E-state index is 1.14. The van der Waals surface area contributed by atoms with Crippen molar-refractivity contribution < 1.29 is 0 Å². The molecule has 0 atom stereocenters. The number of hydrogen-bond acceptors (Lipinski definition) is 0. The standard InChI is InChI=1S/C26H15.Sn.H/c1-2-7-19-13-24-16-26-22(14-23(24)12-18(19)6-1)10-9-21-11-17-5-3-4-8-20(17)15-25(21)26;;/h1-7,9-16H;;. The van der Waals surface area contributed by atoms with Gasteiger partial charge >= 0.3 is 171 Å². The van der Waals surface area contributed by atoms with Gasteiger partial charge in [-0.15, -0.1) is 0 Å². The fraction of sp³-hybridized carbons (Fsp3) is 0. The van der Waals surface area contributed by atoms with E-state index in [1.165, 1.54) is 57.4 Å². The molecule has 0 unspecified atom stereocenters. The second-order valence-corrected chi connectivity index (χ2v) is 9.10. The van der Waals surface area contributed by atoms with Gasteiger partial charge in [-0.1, -0.05) is 0 Å². The van der Waals surface area contributed by atoms with E-state index in [4.69, 9.17) is 0 Å². The Labute approximate surface area is 170 Å². The molecule has 0 fully saturated rings. The van der Waals surface area contributed by atoms with Crippen LogP contribution in [0.3, 0.4) is 0 Å². The zero-order valence-corrected chi connectivity index (χ0v) is 18.0. The Balaban J connectivity index is 1.78. The summed E-state index contributed by atoms with van der Waals surface area (Å²) < 4.78 is 1.46. The van der Waals surface area contributed by atoms with E-state index in [2.05, 4.69) is 91.0 Å². The molecule has 0 heterocycles. The molecule has 0 amide bonds. The van der Waals surface area contributed by atoms with Crippen LogP contribution in [-0.2, 0) is 0 Å². The molecule has 0 aromatic heterocycles. The maximum absolute atomic E-state index is 2.40. The summed E-state index contributed by atoms with van der Waals surface area (Å²) in [6.45, 7) is 0. The van der Waals surface area contributed by atoms with Crippen LogP contribution in [0.5, 0.6) is 0 Å². The van der Waals surface area contributed by atoms with Crippen LogP contribution in [0.15, 0.2) is 91.0 Å². The number of rotatable bonds is 0. The number of benzene rings is 6. The van der Waals surface area contributed by atoms with Crippen LogP contribution in [0.2, 0.25) is 0 Å². The van der Waals surface area contributed by atoms with Gasteiger partial charge in [-0.3, -0.25) is 0 Å². The van der Waals surface area contributed by atoms with Gasteiger partial charge in [-0.25, -0.2) is 0 Å². The van der Waals surface area contributed by atoms with Crippen LogP contribution in [0.1, 0.15) is 0 Å². The van der Waals surface area contributed by atoms with Gasteiger partial charge in [0.2, 0.25) is 0 Å². The molecule has 1 heteroatoms. The molecular formula is C26H16Sn. The average Bonchev–Trinajstić information content (AvgIpc) is 2.70. The first-order valence-corrected chi connectivity index (χ1v) is 10.9. The van der Waals surface area contributed by atoms with E-state index in [-0.39, 0.29) is 0 Å². The SMILES string of the molecule is [SnH][c]1cccc2cc3ccc4cc5cc6ccccc6cc5cc4c3cc12. The third kappa shape index (κ3) is 2.36. The molecule has 0 nitrogen and oxygen atoms in total. The molecule has 0 saturated carbocycles. The van der Waals surface area contributed by atoms with Crippen molar-refractivity contribution in [2.45, 2.75) is 0 Å². The fourth-order valence-corrected chi connectivity index (χ4v) is 5.33. The fourth-order valence-electron chi connectivity index (χ4n) is 4.30. The monoisotopic (exact) mass is 448 g/mol. The van der Waals surface area contributed by atoms with Crippen molar-refractivity contribution in [3.8, 4) is 0 Å². The second kappa shape index (κ2) is 5.71. The zero-order chi connectivity index (χ0) is 18.0. The molecule has 124 valence electrons. The van der Waals surface area contributed by atoms with Crippen molar-refractivity contribution in [2.75, 3.05) is 0 Å². The van der Waals surface area contributed by atoms with Crippen molar-refractivity contribution in [1.29, 1.82) is 0 Å². The Morgan fingerprint density at radius 2 is 0.889 bits per heavy atom. The molecule has 0 bridgehead atoms. The van der Waals surface area contributed by atoms with E-state index in [1.54, 1.807) is 0 Å². The summed E-state index contributed by atoms with van der Waals surface area (Å²) in [7, 11) is 0. The van der Waals surface area contributed by atoms with E-state index < -0.39 is 0 Å². The molecule has 6 aromatic carbocycles. The van der Waals surface area contributed by atoms with E-state index in [0.717, 1.165) is 22.5 Å². The van der Waals surface area contributed by atoms with Gasteiger partial charge in [0, 0.05) is 0 Å². The van der Waals surface area contributed by atoms with Crippen molar-refractivity contribution in [3.05, 3.63) is 91.0 Å². The second-order valence-electron chi connectivity index (χ2n) is 7.33. The molecule has 6 aromatic rings. The first kappa shape index (κ1) is 15.5. The van der Waals surface area contributed by atoms with Crippen LogP contribution >= 0.6 is 0 Å². The molecule has 0 aliphatic heterocycles. The number of hydrogen-bond donors (Lipinski definition) is 0. The molecule has 0 aliphatic rings. The Kier molecular flexibility index (Phi) is 3.27. The molecule has 0 aliphatic carbocycles. The molecule has 6 rings (SSSR count). The topological polar surface area (TPSA) is 0 Å². The van der Waals surface area contributed by atoms with Crippen molar-refractivity contribution in [3.63, 3.8) is 0 Å². The first-order chi connectivity index (χ1) is 13.3. The van der Waals surface area contributed by atoms with E-state index >= 15 is 0 Å². The summed E-state index contributed by atoms with van der Waals surface area (Å²) in [6, 6.07) is 33.9. The van der Waals surface area contributed by atoms with Gasteiger partial charge in [0.15, 0.2) is 0 Å². The Morgan fingerprint density at radius 1 is 0.370 bits per heavy atom. The van der Waals surface area contributed by atoms with Gasteiger partial charge in [0.25, 0.3) is 0 Å². The Hall–Kier alpha value is -2.58. The average molecular weight is 447 g/mol. The predicted molar refractivity (Wildman–Crippen MR) is 121 cm³/mol. The first-order valence-electron chi connectivity index (χ1n) is 9.23. The van der Waals surface area contributed by atoms with Crippen LogP contribution < -0.4 is 3.58 Å². The van der Waals surface area contributed by atoms with E-state index in [0.29, 0.717) is 0 Å². The summed E-state index contributed by atoms with van der Waals surface area (Å²) in [5.74, 6) is 0. The van der Waals surface area contributed by atoms with E-state index in [9.17, 15) is 0 Å². The third-order valence-electron chi connectivity index (χ3n) is 5.69. The molecule has 27 heavy (non-hydrogen) atoms. The van der Waals surface area contributed by atoms with Crippen molar-refractivity contribution >= 4 is 80.0 Å². The summed E-state index contributed by atoms with van der Waals surface area (Å²) >= 11 is 1.14. The van der Waals surface area contributed by atoms with Crippen LogP contribution in [0.25, 0.3) is 53.9 Å². The van der Waals surface area contributed by atoms with Crippen LogP contribution in [0.4, 0.5) is 0 Å². The van der Waals surface area contributed by atoms with Gasteiger partial charge < -0.3 is 0 Å². The molecule has 2 radical (unpaired) electrons. The molecule has 0 saturated heterocycles. The van der Waals surface area contributed by atoms with Crippen molar-refractivity contribution in [2.24, 2.45) is 0 Å². The normalized spacial score (nSPS) is 11.9. The van der Waals surface area contributed by atoms with Crippen LogP contribution in [-0.4, -0.2) is 22.5 Å².